The molecule has 1 N–H and O–H groups in total. The maximum Gasteiger partial charge on any atom is 0.213 e. The van der Waals surface area contributed by atoms with Crippen molar-refractivity contribution in [3.8, 4) is 5.88 Å². The lowest BCUT2D eigenvalue weighted by atomic mass is 10.1. The SMILES string of the molecule is CONC(C)c1ccnc(OC)c1. The van der Waals surface area contributed by atoms with Crippen LogP contribution in [0.5, 0.6) is 5.88 Å². The summed E-state index contributed by atoms with van der Waals surface area (Å²) in [5, 5.41) is 0. The Morgan fingerprint density at radius 2 is 2.23 bits per heavy atom. The summed E-state index contributed by atoms with van der Waals surface area (Å²) in [5.74, 6) is 0.613. The van der Waals surface area contributed by atoms with Gasteiger partial charge in [0.25, 0.3) is 0 Å². The van der Waals surface area contributed by atoms with Crippen LogP contribution in [-0.4, -0.2) is 19.2 Å². The fraction of sp³-hybridized carbons (Fsp3) is 0.444. The first-order valence-corrected chi connectivity index (χ1v) is 4.06. The molecule has 0 spiro atoms. The number of hydroxylamine groups is 1. The second-order valence-corrected chi connectivity index (χ2v) is 2.68. The Labute approximate surface area is 77.8 Å². The van der Waals surface area contributed by atoms with Crippen molar-refractivity contribution >= 4 is 0 Å². The summed E-state index contributed by atoms with van der Waals surface area (Å²) in [6.45, 7) is 2.00. The van der Waals surface area contributed by atoms with Crippen LogP contribution < -0.4 is 10.2 Å². The van der Waals surface area contributed by atoms with Crippen LogP contribution in [0.1, 0.15) is 18.5 Å². The fourth-order valence-electron chi connectivity index (χ4n) is 1.05. The molecule has 0 saturated carbocycles. The van der Waals surface area contributed by atoms with Gasteiger partial charge >= 0.3 is 0 Å². The van der Waals surface area contributed by atoms with Gasteiger partial charge in [0.15, 0.2) is 0 Å². The highest BCUT2D eigenvalue weighted by atomic mass is 16.6. The fourth-order valence-corrected chi connectivity index (χ4v) is 1.05. The van der Waals surface area contributed by atoms with E-state index in [0.717, 1.165) is 5.56 Å². The minimum Gasteiger partial charge on any atom is -0.481 e. The van der Waals surface area contributed by atoms with Gasteiger partial charge in [-0.25, -0.2) is 4.98 Å². The molecule has 0 aliphatic rings. The van der Waals surface area contributed by atoms with E-state index in [0.29, 0.717) is 5.88 Å². The summed E-state index contributed by atoms with van der Waals surface area (Å²) >= 11 is 0. The van der Waals surface area contributed by atoms with E-state index in [1.54, 1.807) is 20.4 Å². The zero-order valence-electron chi connectivity index (χ0n) is 8.07. The molecule has 0 aliphatic heterocycles. The average molecular weight is 182 g/mol. The number of aromatic nitrogens is 1. The molecule has 0 fully saturated rings. The Kier molecular flexibility index (Phi) is 3.67. The van der Waals surface area contributed by atoms with Crippen molar-refractivity contribution in [2.75, 3.05) is 14.2 Å². The van der Waals surface area contributed by atoms with Crippen molar-refractivity contribution in [2.45, 2.75) is 13.0 Å². The Balaban J connectivity index is 2.75. The van der Waals surface area contributed by atoms with Gasteiger partial charge in [-0.2, -0.15) is 5.48 Å². The van der Waals surface area contributed by atoms with Gasteiger partial charge in [0.2, 0.25) is 5.88 Å². The Morgan fingerprint density at radius 3 is 2.85 bits per heavy atom. The van der Waals surface area contributed by atoms with E-state index >= 15 is 0 Å². The maximum absolute atomic E-state index is 5.00. The number of ether oxygens (including phenoxy) is 1. The summed E-state index contributed by atoms with van der Waals surface area (Å²) in [6, 6.07) is 3.91. The van der Waals surface area contributed by atoms with Crippen molar-refractivity contribution in [3.05, 3.63) is 23.9 Å². The highest BCUT2D eigenvalue weighted by Gasteiger charge is 2.05. The summed E-state index contributed by atoms with van der Waals surface area (Å²) < 4.78 is 5.00. The lowest BCUT2D eigenvalue weighted by Gasteiger charge is -2.12. The monoisotopic (exact) mass is 182 g/mol. The Morgan fingerprint density at radius 1 is 1.46 bits per heavy atom. The number of methoxy groups -OCH3 is 1. The summed E-state index contributed by atoms with van der Waals surface area (Å²) in [5.41, 5.74) is 3.91. The number of nitrogens with one attached hydrogen (secondary N) is 1. The third-order valence-corrected chi connectivity index (χ3v) is 1.76. The number of nitrogens with zero attached hydrogens (tertiary/aromatic N) is 1. The van der Waals surface area contributed by atoms with Crippen LogP contribution in [0.3, 0.4) is 0 Å². The van der Waals surface area contributed by atoms with E-state index in [4.69, 9.17) is 9.57 Å². The number of hydrogen-bond donors (Lipinski definition) is 1. The molecule has 13 heavy (non-hydrogen) atoms. The van der Waals surface area contributed by atoms with Gasteiger partial charge in [-0.1, -0.05) is 0 Å². The third-order valence-electron chi connectivity index (χ3n) is 1.76. The lowest BCUT2D eigenvalue weighted by molar-refractivity contribution is 0.0658. The van der Waals surface area contributed by atoms with Crippen LogP contribution in [0.15, 0.2) is 18.3 Å². The molecule has 1 heterocycles. The molecule has 1 aromatic rings. The summed E-state index contributed by atoms with van der Waals surface area (Å²) in [4.78, 5) is 8.83. The topological polar surface area (TPSA) is 43.4 Å². The second kappa shape index (κ2) is 4.79. The van der Waals surface area contributed by atoms with Gasteiger partial charge in [0.1, 0.15) is 0 Å². The van der Waals surface area contributed by atoms with Crippen LogP contribution in [0.4, 0.5) is 0 Å². The Hall–Kier alpha value is -1.13. The molecule has 0 radical (unpaired) electrons. The van der Waals surface area contributed by atoms with Gasteiger partial charge in [-0.3, -0.25) is 0 Å². The van der Waals surface area contributed by atoms with Crippen molar-refractivity contribution in [3.63, 3.8) is 0 Å². The molecule has 0 amide bonds. The highest BCUT2D eigenvalue weighted by molar-refractivity contribution is 5.22. The van der Waals surface area contributed by atoms with Crippen LogP contribution in [0, 0.1) is 0 Å². The lowest BCUT2D eigenvalue weighted by Crippen LogP contribution is -2.16. The second-order valence-electron chi connectivity index (χ2n) is 2.68. The Bertz CT molecular complexity index is 266. The molecule has 4 heteroatoms. The summed E-state index contributed by atoms with van der Waals surface area (Å²) in [6.07, 6.45) is 1.71. The first-order valence-electron chi connectivity index (χ1n) is 4.06. The normalized spacial score (nSPS) is 12.5. The van der Waals surface area contributed by atoms with Crippen molar-refractivity contribution in [1.29, 1.82) is 0 Å². The minimum absolute atomic E-state index is 0.127. The molecule has 4 nitrogen and oxygen atoms in total. The maximum atomic E-state index is 5.00. The van der Waals surface area contributed by atoms with Crippen LogP contribution in [-0.2, 0) is 4.84 Å². The zero-order valence-corrected chi connectivity index (χ0v) is 8.07. The first-order chi connectivity index (χ1) is 6.27. The van der Waals surface area contributed by atoms with Crippen molar-refractivity contribution in [2.24, 2.45) is 0 Å². The van der Waals surface area contributed by atoms with E-state index in [9.17, 15) is 0 Å². The molecular formula is C9H14N2O2. The number of hydrogen-bond acceptors (Lipinski definition) is 4. The first kappa shape index (κ1) is 9.95. The van der Waals surface area contributed by atoms with Gasteiger partial charge in [-0.15, -0.1) is 0 Å². The molecule has 0 saturated heterocycles. The van der Waals surface area contributed by atoms with E-state index < -0.39 is 0 Å². The number of rotatable bonds is 4. The van der Waals surface area contributed by atoms with E-state index in [1.807, 2.05) is 19.1 Å². The van der Waals surface area contributed by atoms with E-state index in [-0.39, 0.29) is 6.04 Å². The van der Waals surface area contributed by atoms with E-state index in [1.165, 1.54) is 0 Å². The predicted octanol–water partition coefficient (Wildman–Crippen LogP) is 1.30. The molecule has 0 aromatic carbocycles. The van der Waals surface area contributed by atoms with Crippen LogP contribution in [0.2, 0.25) is 0 Å². The highest BCUT2D eigenvalue weighted by Crippen LogP contribution is 2.15. The van der Waals surface area contributed by atoms with Crippen molar-refractivity contribution in [1.82, 2.24) is 10.5 Å². The molecule has 0 bridgehead atoms. The molecule has 1 rings (SSSR count). The minimum atomic E-state index is 0.127. The molecule has 1 unspecified atom stereocenters. The largest absolute Gasteiger partial charge is 0.481 e. The zero-order chi connectivity index (χ0) is 9.68. The quantitative estimate of drug-likeness (QED) is 0.713. The van der Waals surface area contributed by atoms with Crippen LogP contribution >= 0.6 is 0 Å². The molecule has 72 valence electrons. The molecular weight excluding hydrogens is 168 g/mol. The number of pyridine rings is 1. The standard InChI is InChI=1S/C9H14N2O2/c1-7(11-13-3)8-4-5-10-9(6-8)12-2/h4-7,11H,1-3H3. The van der Waals surface area contributed by atoms with Crippen LogP contribution in [0.25, 0.3) is 0 Å². The molecule has 0 aliphatic carbocycles. The molecule has 1 atom stereocenters. The van der Waals surface area contributed by atoms with Gasteiger partial charge < -0.3 is 9.57 Å². The van der Waals surface area contributed by atoms with Crippen molar-refractivity contribution < 1.29 is 9.57 Å². The third kappa shape index (κ3) is 2.68. The smallest absolute Gasteiger partial charge is 0.213 e. The van der Waals surface area contributed by atoms with Gasteiger partial charge in [0.05, 0.1) is 20.3 Å². The summed E-state index contributed by atoms with van der Waals surface area (Å²) in [7, 11) is 3.19. The van der Waals surface area contributed by atoms with E-state index in [2.05, 4.69) is 10.5 Å². The average Bonchev–Trinajstić information content (AvgIpc) is 2.18. The molecule has 1 aromatic heterocycles. The van der Waals surface area contributed by atoms with Gasteiger partial charge in [-0.05, 0) is 18.6 Å². The predicted molar refractivity (Wildman–Crippen MR) is 49.3 cm³/mol. The van der Waals surface area contributed by atoms with Gasteiger partial charge in [0, 0.05) is 12.3 Å².